The summed E-state index contributed by atoms with van der Waals surface area (Å²) in [5, 5.41) is 5.99. The molecule has 2 rings (SSSR count). The van der Waals surface area contributed by atoms with Crippen LogP contribution in [0.2, 0.25) is 0 Å². The Hall–Kier alpha value is -1.20. The highest BCUT2D eigenvalue weighted by Crippen LogP contribution is 2.26. The fraction of sp³-hybridized carbons (Fsp3) is 0.611. The third-order valence-corrected chi connectivity index (χ3v) is 4.84. The van der Waals surface area contributed by atoms with Crippen LogP contribution >= 0.6 is 11.8 Å². The summed E-state index contributed by atoms with van der Waals surface area (Å²) in [6.45, 7) is 5.87. The van der Waals surface area contributed by atoms with Gasteiger partial charge >= 0.3 is 6.03 Å². The molecule has 0 saturated carbocycles. The van der Waals surface area contributed by atoms with Gasteiger partial charge in [-0.15, -0.1) is 0 Å². The van der Waals surface area contributed by atoms with Crippen LogP contribution < -0.4 is 10.6 Å². The number of anilines is 1. The lowest BCUT2D eigenvalue weighted by molar-refractivity contribution is -0.0507. The van der Waals surface area contributed by atoms with Crippen molar-refractivity contribution in [2.45, 2.75) is 38.5 Å². The van der Waals surface area contributed by atoms with Gasteiger partial charge in [0.15, 0.2) is 0 Å². The van der Waals surface area contributed by atoms with Crippen LogP contribution in [0.4, 0.5) is 10.5 Å². The van der Waals surface area contributed by atoms with Gasteiger partial charge in [0.2, 0.25) is 0 Å². The lowest BCUT2D eigenvalue weighted by atomic mass is 9.87. The van der Waals surface area contributed by atoms with Crippen molar-refractivity contribution < 1.29 is 9.53 Å². The van der Waals surface area contributed by atoms with Gasteiger partial charge in [0.05, 0.1) is 6.10 Å². The summed E-state index contributed by atoms with van der Waals surface area (Å²) in [7, 11) is 0. The summed E-state index contributed by atoms with van der Waals surface area (Å²) in [4.78, 5) is 12.2. The smallest absolute Gasteiger partial charge is 0.319 e. The number of ether oxygens (including phenoxy) is 1. The highest BCUT2D eigenvalue weighted by atomic mass is 32.2. The van der Waals surface area contributed by atoms with Crippen LogP contribution in [0.1, 0.15) is 32.3 Å². The minimum Gasteiger partial charge on any atom is -0.378 e. The van der Waals surface area contributed by atoms with E-state index in [1.54, 1.807) is 11.8 Å². The van der Waals surface area contributed by atoms with Gasteiger partial charge in [-0.05, 0) is 36.6 Å². The van der Waals surface area contributed by atoms with Gasteiger partial charge in [-0.3, -0.25) is 0 Å². The summed E-state index contributed by atoms with van der Waals surface area (Å²) >= 11 is 1.75. The minimum atomic E-state index is -0.133. The van der Waals surface area contributed by atoms with E-state index in [1.165, 1.54) is 0 Å². The molecule has 0 aliphatic carbocycles. The molecule has 2 atom stereocenters. The molecule has 1 aliphatic heterocycles. The van der Waals surface area contributed by atoms with E-state index in [2.05, 4.69) is 36.8 Å². The summed E-state index contributed by atoms with van der Waals surface area (Å²) in [5.41, 5.74) is 2.04. The molecule has 1 aliphatic rings. The quantitative estimate of drug-likeness (QED) is 0.821. The minimum absolute atomic E-state index is 0.133. The van der Waals surface area contributed by atoms with Crippen LogP contribution in [0, 0.1) is 11.8 Å². The molecule has 1 heterocycles. The maximum atomic E-state index is 12.2. The van der Waals surface area contributed by atoms with Crippen molar-refractivity contribution in [2.24, 2.45) is 11.8 Å². The van der Waals surface area contributed by atoms with Crippen molar-refractivity contribution >= 4 is 23.5 Å². The van der Waals surface area contributed by atoms with Crippen molar-refractivity contribution in [1.82, 2.24) is 5.32 Å². The van der Waals surface area contributed by atoms with Crippen LogP contribution in [0.15, 0.2) is 24.3 Å². The topological polar surface area (TPSA) is 50.4 Å². The van der Waals surface area contributed by atoms with Crippen molar-refractivity contribution in [3.05, 3.63) is 29.8 Å². The van der Waals surface area contributed by atoms with Gasteiger partial charge in [0.25, 0.3) is 0 Å². The summed E-state index contributed by atoms with van der Waals surface area (Å²) < 4.78 is 5.88. The summed E-state index contributed by atoms with van der Waals surface area (Å²) in [6, 6.07) is 7.82. The number of urea groups is 1. The Kier molecular flexibility index (Phi) is 7.24. The predicted molar refractivity (Wildman–Crippen MR) is 98.0 cm³/mol. The van der Waals surface area contributed by atoms with Crippen LogP contribution in [-0.4, -0.2) is 31.5 Å². The van der Waals surface area contributed by atoms with Gasteiger partial charge in [-0.2, -0.15) is 11.8 Å². The Balaban J connectivity index is 1.87. The average Bonchev–Trinajstić information content (AvgIpc) is 2.55. The van der Waals surface area contributed by atoms with E-state index >= 15 is 0 Å². The van der Waals surface area contributed by atoms with E-state index in [0.29, 0.717) is 18.4 Å². The predicted octanol–water partition coefficient (Wildman–Crippen LogP) is 4.12. The van der Waals surface area contributed by atoms with Gasteiger partial charge < -0.3 is 15.4 Å². The van der Waals surface area contributed by atoms with Crippen LogP contribution in [-0.2, 0) is 10.5 Å². The monoisotopic (exact) mass is 336 g/mol. The summed E-state index contributed by atoms with van der Waals surface area (Å²) in [5.74, 6) is 1.77. The zero-order valence-electron chi connectivity index (χ0n) is 14.3. The highest BCUT2D eigenvalue weighted by Gasteiger charge is 2.28. The Bertz CT molecular complexity index is 508. The average molecular weight is 337 g/mol. The zero-order valence-corrected chi connectivity index (χ0v) is 15.1. The van der Waals surface area contributed by atoms with Crippen LogP contribution in [0.5, 0.6) is 0 Å². The fourth-order valence-electron chi connectivity index (χ4n) is 3.13. The van der Waals surface area contributed by atoms with Crippen molar-refractivity contribution in [1.29, 1.82) is 0 Å². The lowest BCUT2D eigenvalue weighted by Crippen LogP contribution is -2.42. The molecule has 0 aromatic heterocycles. The number of hydrogen-bond donors (Lipinski definition) is 2. The first-order chi connectivity index (χ1) is 11.1. The normalized spacial score (nSPS) is 21.2. The number of carbonyl (C=O) groups excluding carboxylic acids is 1. The first-order valence-corrected chi connectivity index (χ1v) is 9.74. The molecule has 0 radical (unpaired) electrons. The number of benzene rings is 1. The number of carbonyl (C=O) groups is 1. The number of nitrogens with one attached hydrogen (secondary N) is 2. The molecule has 0 bridgehead atoms. The van der Waals surface area contributed by atoms with E-state index in [-0.39, 0.29) is 12.1 Å². The maximum Gasteiger partial charge on any atom is 0.319 e. The molecule has 5 heteroatoms. The zero-order chi connectivity index (χ0) is 16.7. The molecule has 0 spiro atoms. The largest absolute Gasteiger partial charge is 0.378 e. The maximum absolute atomic E-state index is 12.2. The lowest BCUT2D eigenvalue weighted by Gasteiger charge is -2.34. The summed E-state index contributed by atoms with van der Waals surface area (Å²) in [6.07, 6.45) is 4.50. The van der Waals surface area contributed by atoms with Crippen LogP contribution in [0.25, 0.3) is 0 Å². The molecule has 1 aromatic carbocycles. The number of hydrogen-bond acceptors (Lipinski definition) is 3. The second kappa shape index (κ2) is 9.18. The SMILES string of the molecule is CSCc1ccccc1NC(=O)NC[C@@H]1CCCO[C@@H]1C(C)C. The third-order valence-electron chi connectivity index (χ3n) is 4.24. The van der Waals surface area contributed by atoms with E-state index in [4.69, 9.17) is 4.74 Å². The Labute approximate surface area is 143 Å². The van der Waals surface area contributed by atoms with E-state index in [1.807, 2.05) is 18.2 Å². The Morgan fingerprint density at radius 3 is 2.91 bits per heavy atom. The van der Waals surface area contributed by atoms with E-state index < -0.39 is 0 Å². The molecule has 1 fully saturated rings. The highest BCUT2D eigenvalue weighted by molar-refractivity contribution is 7.97. The molecule has 1 aromatic rings. The third kappa shape index (κ3) is 5.43. The number of rotatable bonds is 6. The first kappa shape index (κ1) is 18.1. The molecular formula is C18H28N2O2S. The Morgan fingerprint density at radius 1 is 1.39 bits per heavy atom. The van der Waals surface area contributed by atoms with Gasteiger partial charge in [-0.1, -0.05) is 32.0 Å². The van der Waals surface area contributed by atoms with Gasteiger partial charge in [-0.25, -0.2) is 4.79 Å². The van der Waals surface area contributed by atoms with E-state index in [9.17, 15) is 4.79 Å². The molecule has 2 amide bonds. The number of thioether (sulfide) groups is 1. The van der Waals surface area contributed by atoms with Crippen LogP contribution in [0.3, 0.4) is 0 Å². The van der Waals surface area contributed by atoms with Crippen molar-refractivity contribution in [3.8, 4) is 0 Å². The van der Waals surface area contributed by atoms with E-state index in [0.717, 1.165) is 36.5 Å². The fourth-order valence-corrected chi connectivity index (χ4v) is 3.70. The molecular weight excluding hydrogens is 308 g/mol. The Morgan fingerprint density at radius 2 is 2.17 bits per heavy atom. The number of para-hydroxylation sites is 1. The molecule has 23 heavy (non-hydrogen) atoms. The molecule has 4 nitrogen and oxygen atoms in total. The standard InChI is InChI=1S/C18H28N2O2S/c1-13(2)17-14(8-6-10-22-17)11-19-18(21)20-16-9-5-4-7-15(16)12-23-3/h4-5,7,9,13-14,17H,6,8,10-12H2,1-3H3,(H2,19,20,21)/t14-,17+/m0/s1. The molecule has 0 unspecified atom stereocenters. The van der Waals surface area contributed by atoms with Crippen molar-refractivity contribution in [3.63, 3.8) is 0 Å². The van der Waals surface area contributed by atoms with Crippen molar-refractivity contribution in [2.75, 3.05) is 24.7 Å². The first-order valence-electron chi connectivity index (χ1n) is 8.35. The second-order valence-corrected chi connectivity index (χ2v) is 7.27. The molecule has 128 valence electrons. The molecule has 1 saturated heterocycles. The second-order valence-electron chi connectivity index (χ2n) is 6.41. The van der Waals surface area contributed by atoms with Gasteiger partial charge in [0.1, 0.15) is 0 Å². The molecule has 2 N–H and O–H groups in total. The number of amides is 2. The van der Waals surface area contributed by atoms with Gasteiger partial charge in [0, 0.05) is 30.5 Å².